The molecule has 2 aromatic heterocycles. The molecule has 2 aromatic rings. The summed E-state index contributed by atoms with van der Waals surface area (Å²) >= 11 is 0. The van der Waals surface area contributed by atoms with Crippen LogP contribution in [0, 0.1) is 0 Å². The zero-order valence-electron chi connectivity index (χ0n) is 14.2. The van der Waals surface area contributed by atoms with E-state index in [-0.39, 0.29) is 24.1 Å². The van der Waals surface area contributed by atoms with E-state index < -0.39 is 0 Å². The Balaban J connectivity index is 1.53. The molecule has 0 aromatic carbocycles. The van der Waals surface area contributed by atoms with Crippen molar-refractivity contribution in [2.75, 3.05) is 20.2 Å². The highest BCUT2D eigenvalue weighted by Gasteiger charge is 2.48. The van der Waals surface area contributed by atoms with Gasteiger partial charge >= 0.3 is 0 Å². The number of hydrogen-bond acceptors (Lipinski definition) is 6. The normalized spacial score (nSPS) is 26.0. The summed E-state index contributed by atoms with van der Waals surface area (Å²) < 4.78 is 11.4. The first-order valence-electron chi connectivity index (χ1n) is 8.64. The van der Waals surface area contributed by atoms with E-state index in [4.69, 9.17) is 9.15 Å². The number of fused-ring (bicyclic) bond motifs is 1. The third kappa shape index (κ3) is 3.17. The van der Waals surface area contributed by atoms with Crippen molar-refractivity contribution in [1.82, 2.24) is 19.8 Å². The van der Waals surface area contributed by atoms with Gasteiger partial charge in [-0.1, -0.05) is 0 Å². The van der Waals surface area contributed by atoms with E-state index in [1.807, 2.05) is 17.3 Å². The molecule has 0 aliphatic carbocycles. The number of ether oxygens (including phenoxy) is 1. The number of rotatable bonds is 4. The Morgan fingerprint density at radius 3 is 3.00 bits per heavy atom. The maximum Gasteiger partial charge on any atom is 0.289 e. The number of furan rings is 1. The van der Waals surface area contributed by atoms with Crippen molar-refractivity contribution < 1.29 is 13.9 Å². The standard InChI is InChI=1S/C18H22N4O3/c1-21(10-13-8-19-12-20-9-13)15-11-22(14-4-2-7-25-17(14)15)18(23)16-5-3-6-24-16/h3,5-6,8-9,12,14-15,17H,2,4,7,10-11H2,1H3/t14-,15+,17+/m0/s1. The first-order chi connectivity index (χ1) is 12.2. The average Bonchev–Trinajstić information content (AvgIpc) is 3.30. The second-order valence-corrected chi connectivity index (χ2v) is 6.71. The molecule has 2 saturated heterocycles. The molecule has 1 amide bonds. The molecule has 7 heteroatoms. The quantitative estimate of drug-likeness (QED) is 0.840. The van der Waals surface area contributed by atoms with Crippen molar-refractivity contribution >= 4 is 5.91 Å². The summed E-state index contributed by atoms with van der Waals surface area (Å²) in [7, 11) is 2.06. The molecule has 132 valence electrons. The van der Waals surface area contributed by atoms with Crippen LogP contribution in [0.4, 0.5) is 0 Å². The van der Waals surface area contributed by atoms with Crippen molar-refractivity contribution in [3.05, 3.63) is 48.4 Å². The summed E-state index contributed by atoms with van der Waals surface area (Å²) in [6.45, 7) is 2.11. The third-order valence-electron chi connectivity index (χ3n) is 5.10. The van der Waals surface area contributed by atoms with Gasteiger partial charge in [0, 0.05) is 37.7 Å². The summed E-state index contributed by atoms with van der Waals surface area (Å²) in [5.41, 5.74) is 1.05. The molecule has 25 heavy (non-hydrogen) atoms. The van der Waals surface area contributed by atoms with Crippen LogP contribution in [-0.2, 0) is 11.3 Å². The molecule has 0 saturated carbocycles. The Bertz CT molecular complexity index is 706. The van der Waals surface area contributed by atoms with Crippen molar-refractivity contribution in [1.29, 1.82) is 0 Å². The van der Waals surface area contributed by atoms with Crippen LogP contribution in [0.3, 0.4) is 0 Å². The smallest absolute Gasteiger partial charge is 0.289 e. The monoisotopic (exact) mass is 342 g/mol. The van der Waals surface area contributed by atoms with Gasteiger partial charge in [-0.05, 0) is 32.0 Å². The minimum absolute atomic E-state index is 0.0299. The number of aromatic nitrogens is 2. The van der Waals surface area contributed by atoms with Gasteiger partial charge in [-0.25, -0.2) is 9.97 Å². The Morgan fingerprint density at radius 2 is 2.24 bits per heavy atom. The molecule has 4 rings (SSSR count). The van der Waals surface area contributed by atoms with Gasteiger partial charge in [-0.15, -0.1) is 0 Å². The van der Waals surface area contributed by atoms with Gasteiger partial charge in [0.2, 0.25) is 0 Å². The number of nitrogens with zero attached hydrogens (tertiary/aromatic N) is 4. The SMILES string of the molecule is CN(Cc1cncnc1)[C@@H]1CN(C(=O)c2ccco2)[C@H]2CCCO[C@@H]12. The highest BCUT2D eigenvalue weighted by atomic mass is 16.5. The fourth-order valence-electron chi connectivity index (χ4n) is 3.91. The van der Waals surface area contributed by atoms with Crippen molar-refractivity contribution in [2.45, 2.75) is 37.6 Å². The van der Waals surface area contributed by atoms with Crippen molar-refractivity contribution in [2.24, 2.45) is 0 Å². The van der Waals surface area contributed by atoms with Crippen LogP contribution in [-0.4, -0.2) is 64.1 Å². The van der Waals surface area contributed by atoms with E-state index >= 15 is 0 Å². The predicted octanol–water partition coefficient (Wildman–Crippen LogP) is 1.57. The summed E-state index contributed by atoms with van der Waals surface area (Å²) in [5, 5.41) is 0. The van der Waals surface area contributed by atoms with E-state index in [1.165, 1.54) is 12.6 Å². The maximum atomic E-state index is 12.8. The Morgan fingerprint density at radius 1 is 1.40 bits per heavy atom. The lowest BCUT2D eigenvalue weighted by Gasteiger charge is -2.34. The molecule has 0 N–H and O–H groups in total. The molecule has 0 bridgehead atoms. The van der Waals surface area contributed by atoms with Crippen LogP contribution < -0.4 is 0 Å². The Kier molecular flexibility index (Phi) is 4.50. The number of likely N-dealkylation sites (tertiary alicyclic amines) is 1. The maximum absolute atomic E-state index is 12.8. The molecular weight excluding hydrogens is 320 g/mol. The number of amides is 1. The first-order valence-corrected chi connectivity index (χ1v) is 8.64. The van der Waals surface area contributed by atoms with Gasteiger partial charge < -0.3 is 14.1 Å². The molecule has 0 radical (unpaired) electrons. The number of hydrogen-bond donors (Lipinski definition) is 0. The molecule has 2 aliphatic rings. The van der Waals surface area contributed by atoms with Crippen LogP contribution in [0.2, 0.25) is 0 Å². The fourth-order valence-corrected chi connectivity index (χ4v) is 3.91. The molecule has 7 nitrogen and oxygen atoms in total. The van der Waals surface area contributed by atoms with Crippen molar-refractivity contribution in [3.63, 3.8) is 0 Å². The van der Waals surface area contributed by atoms with Crippen molar-refractivity contribution in [3.8, 4) is 0 Å². The molecule has 4 heterocycles. The summed E-state index contributed by atoms with van der Waals surface area (Å²) in [5.74, 6) is 0.341. The van der Waals surface area contributed by atoms with Crippen LogP contribution in [0.5, 0.6) is 0 Å². The highest BCUT2D eigenvalue weighted by Crippen LogP contribution is 2.33. The molecule has 0 spiro atoms. The van der Waals surface area contributed by atoms with Crippen LogP contribution >= 0.6 is 0 Å². The molecule has 3 atom stereocenters. The van der Waals surface area contributed by atoms with E-state index in [0.29, 0.717) is 12.3 Å². The number of carbonyl (C=O) groups is 1. The molecule has 2 fully saturated rings. The van der Waals surface area contributed by atoms with Gasteiger partial charge in [0.25, 0.3) is 5.91 Å². The topological polar surface area (TPSA) is 71.7 Å². The zero-order chi connectivity index (χ0) is 17.2. The lowest BCUT2D eigenvalue weighted by molar-refractivity contribution is -0.0359. The summed E-state index contributed by atoms with van der Waals surface area (Å²) in [6.07, 6.45) is 8.69. The lowest BCUT2D eigenvalue weighted by atomic mass is 10.00. The van der Waals surface area contributed by atoms with Crippen LogP contribution in [0.25, 0.3) is 0 Å². The van der Waals surface area contributed by atoms with Gasteiger partial charge in [0.15, 0.2) is 5.76 Å². The zero-order valence-corrected chi connectivity index (χ0v) is 14.2. The van der Waals surface area contributed by atoms with E-state index in [2.05, 4.69) is 21.9 Å². The van der Waals surface area contributed by atoms with Gasteiger partial charge in [0.05, 0.1) is 24.5 Å². The molecule has 0 unspecified atom stereocenters. The lowest BCUT2D eigenvalue weighted by Crippen LogP contribution is -2.46. The predicted molar refractivity (Wildman–Crippen MR) is 89.8 cm³/mol. The number of likely N-dealkylation sites (N-methyl/N-ethyl adjacent to an activating group) is 1. The second kappa shape index (κ2) is 6.93. The second-order valence-electron chi connectivity index (χ2n) is 6.71. The average molecular weight is 342 g/mol. The van der Waals surface area contributed by atoms with Crippen LogP contribution in [0.1, 0.15) is 29.0 Å². The number of carbonyl (C=O) groups excluding carboxylic acids is 1. The largest absolute Gasteiger partial charge is 0.459 e. The van der Waals surface area contributed by atoms with E-state index in [9.17, 15) is 4.79 Å². The summed E-state index contributed by atoms with van der Waals surface area (Å²) in [6, 6.07) is 3.71. The van der Waals surface area contributed by atoms with Gasteiger partial charge in [-0.3, -0.25) is 9.69 Å². The van der Waals surface area contributed by atoms with Gasteiger partial charge in [0.1, 0.15) is 6.33 Å². The molecular formula is C18H22N4O3. The van der Waals surface area contributed by atoms with Gasteiger partial charge in [-0.2, -0.15) is 0 Å². The van der Waals surface area contributed by atoms with E-state index in [1.54, 1.807) is 12.1 Å². The third-order valence-corrected chi connectivity index (χ3v) is 5.10. The summed E-state index contributed by atoms with van der Waals surface area (Å²) in [4.78, 5) is 25.1. The Hall–Kier alpha value is -2.25. The fraction of sp³-hybridized carbons (Fsp3) is 0.500. The van der Waals surface area contributed by atoms with E-state index in [0.717, 1.165) is 31.6 Å². The minimum atomic E-state index is -0.0514. The minimum Gasteiger partial charge on any atom is -0.459 e. The highest BCUT2D eigenvalue weighted by molar-refractivity contribution is 5.92. The first kappa shape index (κ1) is 16.2. The molecule has 2 aliphatic heterocycles. The van der Waals surface area contributed by atoms with Crippen LogP contribution in [0.15, 0.2) is 41.5 Å². The Labute approximate surface area is 146 Å².